The molecule has 1 saturated heterocycles. The fourth-order valence-electron chi connectivity index (χ4n) is 2.50. The Labute approximate surface area is 122 Å². The maximum absolute atomic E-state index is 12.5. The molecule has 0 radical (unpaired) electrons. The number of hydrogen-bond acceptors (Lipinski definition) is 3. The molecule has 5 nitrogen and oxygen atoms in total. The molecule has 1 aliphatic carbocycles. The van der Waals surface area contributed by atoms with Crippen LogP contribution in [0.3, 0.4) is 0 Å². The van der Waals surface area contributed by atoms with Gasteiger partial charge in [-0.3, -0.25) is 14.6 Å². The molecule has 1 aliphatic heterocycles. The summed E-state index contributed by atoms with van der Waals surface area (Å²) >= 11 is 6.03. The van der Waals surface area contributed by atoms with Crippen LogP contribution in [-0.2, 0) is 4.79 Å². The Morgan fingerprint density at radius 1 is 1.35 bits per heavy atom. The highest BCUT2D eigenvalue weighted by molar-refractivity contribution is 6.33. The van der Waals surface area contributed by atoms with E-state index >= 15 is 0 Å². The van der Waals surface area contributed by atoms with E-state index in [2.05, 4.69) is 10.3 Å². The number of rotatable bonds is 3. The van der Waals surface area contributed by atoms with E-state index < -0.39 is 0 Å². The minimum Gasteiger partial charge on any atom is -0.352 e. The van der Waals surface area contributed by atoms with E-state index in [0.29, 0.717) is 29.6 Å². The molecule has 2 aliphatic rings. The van der Waals surface area contributed by atoms with Crippen LogP contribution in [0.2, 0.25) is 5.02 Å². The molecule has 1 N–H and O–H groups in total. The van der Waals surface area contributed by atoms with Gasteiger partial charge in [-0.05, 0) is 31.7 Å². The van der Waals surface area contributed by atoms with Gasteiger partial charge in [0.25, 0.3) is 5.91 Å². The van der Waals surface area contributed by atoms with Gasteiger partial charge in [0.15, 0.2) is 0 Å². The van der Waals surface area contributed by atoms with Gasteiger partial charge in [0.2, 0.25) is 5.91 Å². The minimum atomic E-state index is -0.376. The predicted molar refractivity (Wildman–Crippen MR) is 74.5 cm³/mol. The van der Waals surface area contributed by atoms with Crippen molar-refractivity contribution < 1.29 is 9.59 Å². The van der Waals surface area contributed by atoms with Crippen LogP contribution in [0.25, 0.3) is 0 Å². The van der Waals surface area contributed by atoms with Crippen LogP contribution in [0.5, 0.6) is 0 Å². The largest absolute Gasteiger partial charge is 0.352 e. The van der Waals surface area contributed by atoms with Crippen molar-refractivity contribution in [1.29, 1.82) is 0 Å². The molecule has 20 heavy (non-hydrogen) atoms. The number of nitrogens with zero attached hydrogens (tertiary/aromatic N) is 2. The minimum absolute atomic E-state index is 0.0432. The highest BCUT2D eigenvalue weighted by Crippen LogP contribution is 2.25. The summed E-state index contributed by atoms with van der Waals surface area (Å²) < 4.78 is 0. The molecule has 6 heteroatoms. The van der Waals surface area contributed by atoms with Crippen molar-refractivity contribution in [3.63, 3.8) is 0 Å². The van der Waals surface area contributed by atoms with Gasteiger partial charge in [0.05, 0.1) is 10.6 Å². The third kappa shape index (κ3) is 2.63. The van der Waals surface area contributed by atoms with Gasteiger partial charge in [0, 0.05) is 25.0 Å². The number of carbonyl (C=O) groups excluding carboxylic acids is 2. The number of aromatic nitrogens is 1. The van der Waals surface area contributed by atoms with Gasteiger partial charge in [-0.1, -0.05) is 11.6 Å². The molecule has 0 spiro atoms. The Balaban J connectivity index is 1.76. The Morgan fingerprint density at radius 3 is 2.85 bits per heavy atom. The maximum Gasteiger partial charge on any atom is 0.257 e. The quantitative estimate of drug-likeness (QED) is 0.921. The van der Waals surface area contributed by atoms with Gasteiger partial charge in [-0.2, -0.15) is 0 Å². The van der Waals surface area contributed by atoms with E-state index in [1.165, 1.54) is 6.20 Å². The lowest BCUT2D eigenvalue weighted by Gasteiger charge is -2.24. The summed E-state index contributed by atoms with van der Waals surface area (Å²) in [5.74, 6) is -0.255. The second-order valence-corrected chi connectivity index (χ2v) is 5.70. The van der Waals surface area contributed by atoms with E-state index in [1.54, 1.807) is 17.2 Å². The molecule has 2 amide bonds. The zero-order chi connectivity index (χ0) is 14.1. The van der Waals surface area contributed by atoms with Gasteiger partial charge in [-0.25, -0.2) is 0 Å². The summed E-state index contributed by atoms with van der Waals surface area (Å²) in [6.45, 7) is 0.590. The fourth-order valence-corrected chi connectivity index (χ4v) is 2.68. The highest BCUT2D eigenvalue weighted by Gasteiger charge is 2.37. The van der Waals surface area contributed by atoms with E-state index in [0.717, 1.165) is 19.3 Å². The highest BCUT2D eigenvalue weighted by atomic mass is 35.5. The number of pyridine rings is 1. The Morgan fingerprint density at radius 2 is 2.15 bits per heavy atom. The first-order chi connectivity index (χ1) is 9.66. The van der Waals surface area contributed by atoms with Crippen molar-refractivity contribution in [2.75, 3.05) is 6.54 Å². The van der Waals surface area contributed by atoms with E-state index in [-0.39, 0.29) is 17.9 Å². The molecular formula is C14H16ClN3O2. The Bertz CT molecular complexity index is 545. The molecule has 0 bridgehead atoms. The molecular weight excluding hydrogens is 278 g/mol. The third-order valence-corrected chi connectivity index (χ3v) is 4.07. The van der Waals surface area contributed by atoms with Crippen LogP contribution in [0.4, 0.5) is 0 Å². The van der Waals surface area contributed by atoms with Crippen molar-refractivity contribution in [2.45, 2.75) is 37.8 Å². The zero-order valence-electron chi connectivity index (χ0n) is 11.0. The second-order valence-electron chi connectivity index (χ2n) is 5.29. The lowest BCUT2D eigenvalue weighted by atomic mass is 10.2. The molecule has 1 aromatic rings. The monoisotopic (exact) mass is 293 g/mol. The first-order valence-corrected chi connectivity index (χ1v) is 7.25. The third-order valence-electron chi connectivity index (χ3n) is 3.74. The number of hydrogen-bond donors (Lipinski definition) is 1. The normalized spacial score (nSPS) is 21.9. The molecule has 1 unspecified atom stereocenters. The Kier molecular flexibility index (Phi) is 3.61. The van der Waals surface area contributed by atoms with E-state index in [1.807, 2.05) is 0 Å². The first-order valence-electron chi connectivity index (χ1n) is 6.87. The smallest absolute Gasteiger partial charge is 0.257 e. The molecule has 2 heterocycles. The lowest BCUT2D eigenvalue weighted by Crippen LogP contribution is -2.46. The summed E-state index contributed by atoms with van der Waals surface area (Å²) in [6.07, 6.45) is 6.63. The number of halogens is 1. The number of amides is 2. The topological polar surface area (TPSA) is 62.3 Å². The molecule has 2 fully saturated rings. The fraction of sp³-hybridized carbons (Fsp3) is 0.500. The lowest BCUT2D eigenvalue weighted by molar-refractivity contribution is -0.125. The van der Waals surface area contributed by atoms with Crippen LogP contribution in [0.1, 0.15) is 36.0 Å². The maximum atomic E-state index is 12.5. The summed E-state index contributed by atoms with van der Waals surface area (Å²) in [4.78, 5) is 30.2. The van der Waals surface area contributed by atoms with Gasteiger partial charge < -0.3 is 10.2 Å². The second kappa shape index (κ2) is 5.40. The van der Waals surface area contributed by atoms with E-state index in [9.17, 15) is 9.59 Å². The number of nitrogens with one attached hydrogen (secondary N) is 1. The SMILES string of the molecule is O=C(NC1CC1)C1CCCN1C(=O)c1cnccc1Cl. The van der Waals surface area contributed by atoms with Crippen LogP contribution in [-0.4, -0.2) is 40.3 Å². The van der Waals surface area contributed by atoms with Crippen molar-refractivity contribution in [3.8, 4) is 0 Å². The molecule has 1 atom stereocenters. The van der Waals surface area contributed by atoms with E-state index in [4.69, 9.17) is 11.6 Å². The summed E-state index contributed by atoms with van der Waals surface area (Å²) in [6, 6.07) is 1.52. The molecule has 0 aromatic carbocycles. The average molecular weight is 294 g/mol. The van der Waals surface area contributed by atoms with Crippen LogP contribution < -0.4 is 5.32 Å². The van der Waals surface area contributed by atoms with Gasteiger partial charge >= 0.3 is 0 Å². The molecule has 106 valence electrons. The standard InChI is InChI=1S/C14H16ClN3O2/c15-11-5-6-16-8-10(11)14(20)18-7-1-2-12(18)13(19)17-9-3-4-9/h5-6,8-9,12H,1-4,7H2,(H,17,19). The molecule has 1 saturated carbocycles. The zero-order valence-corrected chi connectivity index (χ0v) is 11.8. The van der Waals surface area contributed by atoms with Crippen molar-refractivity contribution >= 4 is 23.4 Å². The van der Waals surface area contributed by atoms with Crippen LogP contribution in [0.15, 0.2) is 18.5 Å². The molecule has 1 aromatic heterocycles. The Hall–Kier alpha value is -1.62. The summed E-state index contributed by atoms with van der Waals surface area (Å²) in [7, 11) is 0. The van der Waals surface area contributed by atoms with Crippen molar-refractivity contribution in [1.82, 2.24) is 15.2 Å². The predicted octanol–water partition coefficient (Wildman–Crippen LogP) is 1.62. The van der Waals surface area contributed by atoms with Gasteiger partial charge in [-0.15, -0.1) is 0 Å². The number of likely N-dealkylation sites (tertiary alicyclic amines) is 1. The average Bonchev–Trinajstić information content (AvgIpc) is 3.11. The number of carbonyl (C=O) groups is 2. The molecule has 3 rings (SSSR count). The van der Waals surface area contributed by atoms with Crippen molar-refractivity contribution in [2.24, 2.45) is 0 Å². The van der Waals surface area contributed by atoms with Crippen LogP contribution >= 0.6 is 11.6 Å². The van der Waals surface area contributed by atoms with Gasteiger partial charge in [0.1, 0.15) is 6.04 Å². The first kappa shape index (κ1) is 13.4. The summed E-state index contributed by atoms with van der Waals surface area (Å²) in [5.41, 5.74) is 0.361. The summed E-state index contributed by atoms with van der Waals surface area (Å²) in [5, 5.41) is 3.34. The van der Waals surface area contributed by atoms with Crippen molar-refractivity contribution in [3.05, 3.63) is 29.0 Å². The van der Waals surface area contributed by atoms with Crippen LogP contribution in [0, 0.1) is 0 Å².